The van der Waals surface area contributed by atoms with Gasteiger partial charge in [0.25, 0.3) is 0 Å². The first-order valence-corrected chi connectivity index (χ1v) is 8.44. The van der Waals surface area contributed by atoms with Gasteiger partial charge in [0.2, 0.25) is 0 Å². The van der Waals surface area contributed by atoms with Crippen LogP contribution in [0.25, 0.3) is 0 Å². The van der Waals surface area contributed by atoms with Crippen LogP contribution >= 0.6 is 22.9 Å². The van der Waals surface area contributed by atoms with Crippen LogP contribution in [0.3, 0.4) is 0 Å². The molecule has 0 radical (unpaired) electrons. The highest BCUT2D eigenvalue weighted by atomic mass is 35.5. The molecular weight excluding hydrogens is 302 g/mol. The number of rotatable bonds is 7. The molecular formula is C17H22ClNOS. The molecule has 4 heteroatoms. The number of ether oxygens (including phenoxy) is 1. The Kier molecular flexibility index (Phi) is 6.09. The Morgan fingerprint density at radius 2 is 2.05 bits per heavy atom. The Bertz CT molecular complexity index is 580. The van der Waals surface area contributed by atoms with Gasteiger partial charge in [-0.25, -0.2) is 0 Å². The monoisotopic (exact) mass is 323 g/mol. The van der Waals surface area contributed by atoms with Crippen molar-refractivity contribution in [2.45, 2.75) is 33.2 Å². The van der Waals surface area contributed by atoms with E-state index in [0.717, 1.165) is 23.2 Å². The van der Waals surface area contributed by atoms with Crippen molar-refractivity contribution in [3.8, 4) is 5.75 Å². The third kappa shape index (κ3) is 5.03. The van der Waals surface area contributed by atoms with E-state index in [9.17, 15) is 0 Å². The van der Waals surface area contributed by atoms with Gasteiger partial charge >= 0.3 is 0 Å². The maximum absolute atomic E-state index is 5.90. The summed E-state index contributed by atoms with van der Waals surface area (Å²) < 4.78 is 6.72. The zero-order valence-corrected chi connectivity index (χ0v) is 14.4. The Labute approximate surface area is 136 Å². The number of nitrogens with one attached hydrogen (secondary N) is 1. The van der Waals surface area contributed by atoms with Crippen molar-refractivity contribution in [1.29, 1.82) is 0 Å². The van der Waals surface area contributed by atoms with Gasteiger partial charge in [-0.2, -0.15) is 0 Å². The van der Waals surface area contributed by atoms with Gasteiger partial charge in [-0.1, -0.05) is 37.6 Å². The van der Waals surface area contributed by atoms with Crippen LogP contribution in [-0.4, -0.2) is 13.2 Å². The molecule has 0 atom stereocenters. The van der Waals surface area contributed by atoms with Gasteiger partial charge in [-0.15, -0.1) is 11.3 Å². The molecule has 1 heterocycles. The summed E-state index contributed by atoms with van der Waals surface area (Å²) in [5.74, 6) is 1.51. The number of aryl methyl sites for hydroxylation is 1. The second kappa shape index (κ2) is 7.83. The summed E-state index contributed by atoms with van der Waals surface area (Å²) >= 11 is 7.52. The minimum absolute atomic E-state index is 0.523. The summed E-state index contributed by atoms with van der Waals surface area (Å²) in [6, 6.07) is 10.4. The minimum Gasteiger partial charge on any atom is -0.492 e. The fourth-order valence-electron chi connectivity index (χ4n) is 2.02. The van der Waals surface area contributed by atoms with Crippen molar-refractivity contribution in [1.82, 2.24) is 5.32 Å². The molecule has 0 aliphatic heterocycles. The van der Waals surface area contributed by atoms with Gasteiger partial charge in [0.05, 0.1) is 4.34 Å². The Balaban J connectivity index is 1.76. The Hall–Kier alpha value is -1.03. The molecule has 1 aromatic carbocycles. The van der Waals surface area contributed by atoms with Crippen molar-refractivity contribution in [3.63, 3.8) is 0 Å². The summed E-state index contributed by atoms with van der Waals surface area (Å²) in [7, 11) is 0. The van der Waals surface area contributed by atoms with Gasteiger partial charge in [-0.05, 0) is 42.2 Å². The highest BCUT2D eigenvalue weighted by Crippen LogP contribution is 2.24. The highest BCUT2D eigenvalue weighted by Gasteiger charge is 2.04. The van der Waals surface area contributed by atoms with Gasteiger partial charge in [0.1, 0.15) is 12.4 Å². The summed E-state index contributed by atoms with van der Waals surface area (Å²) in [6.45, 7) is 8.80. The lowest BCUT2D eigenvalue weighted by molar-refractivity contribution is 0.311. The fraction of sp³-hybridized carbons (Fsp3) is 0.412. The van der Waals surface area contributed by atoms with E-state index >= 15 is 0 Å². The quantitative estimate of drug-likeness (QED) is 0.724. The zero-order valence-electron chi connectivity index (χ0n) is 12.8. The molecule has 0 saturated heterocycles. The van der Waals surface area contributed by atoms with E-state index in [4.69, 9.17) is 16.3 Å². The standard InChI is InChI=1S/C17H22ClNOS/c1-12(2)14-5-4-13(3)16(10-14)20-9-8-19-11-15-6-7-17(18)21-15/h4-7,10,12,19H,8-9,11H2,1-3H3. The predicted molar refractivity (Wildman–Crippen MR) is 91.8 cm³/mol. The normalized spacial score (nSPS) is 11.1. The summed E-state index contributed by atoms with van der Waals surface area (Å²) in [5.41, 5.74) is 2.50. The predicted octanol–water partition coefficient (Wildman–Crippen LogP) is 5.00. The van der Waals surface area contributed by atoms with Crippen LogP contribution in [0.1, 0.15) is 35.8 Å². The molecule has 21 heavy (non-hydrogen) atoms. The van der Waals surface area contributed by atoms with E-state index < -0.39 is 0 Å². The molecule has 0 fully saturated rings. The highest BCUT2D eigenvalue weighted by molar-refractivity contribution is 7.16. The van der Waals surface area contributed by atoms with E-state index in [1.165, 1.54) is 16.0 Å². The molecule has 0 saturated carbocycles. The molecule has 0 unspecified atom stereocenters. The number of thiophene rings is 1. The topological polar surface area (TPSA) is 21.3 Å². The SMILES string of the molecule is Cc1ccc(C(C)C)cc1OCCNCc1ccc(Cl)s1. The number of benzene rings is 1. The molecule has 0 aliphatic rings. The van der Waals surface area contributed by atoms with Gasteiger partial charge < -0.3 is 10.1 Å². The van der Waals surface area contributed by atoms with E-state index in [1.54, 1.807) is 11.3 Å². The second-order valence-corrected chi connectivity index (χ2v) is 7.21. The summed E-state index contributed by atoms with van der Waals surface area (Å²) in [6.07, 6.45) is 0. The molecule has 1 aromatic heterocycles. The second-order valence-electron chi connectivity index (χ2n) is 5.41. The molecule has 0 aliphatic carbocycles. The molecule has 1 N–H and O–H groups in total. The smallest absolute Gasteiger partial charge is 0.122 e. The van der Waals surface area contributed by atoms with E-state index in [2.05, 4.69) is 50.4 Å². The maximum atomic E-state index is 5.90. The van der Waals surface area contributed by atoms with Crippen molar-refractivity contribution in [2.75, 3.05) is 13.2 Å². The van der Waals surface area contributed by atoms with Crippen molar-refractivity contribution in [3.05, 3.63) is 50.7 Å². The molecule has 2 nitrogen and oxygen atoms in total. The van der Waals surface area contributed by atoms with Crippen LogP contribution in [0.2, 0.25) is 4.34 Å². The Morgan fingerprint density at radius 3 is 2.71 bits per heavy atom. The first-order valence-electron chi connectivity index (χ1n) is 7.24. The van der Waals surface area contributed by atoms with Crippen LogP contribution in [0.15, 0.2) is 30.3 Å². The summed E-state index contributed by atoms with van der Waals surface area (Å²) in [4.78, 5) is 1.25. The van der Waals surface area contributed by atoms with Crippen LogP contribution in [0, 0.1) is 6.92 Å². The lowest BCUT2D eigenvalue weighted by Gasteiger charge is -2.13. The van der Waals surface area contributed by atoms with E-state index in [-0.39, 0.29) is 0 Å². The lowest BCUT2D eigenvalue weighted by atomic mass is 10.0. The van der Waals surface area contributed by atoms with Crippen molar-refractivity contribution < 1.29 is 4.74 Å². The average Bonchev–Trinajstić information content (AvgIpc) is 2.85. The van der Waals surface area contributed by atoms with Crippen LogP contribution < -0.4 is 10.1 Å². The third-order valence-electron chi connectivity index (χ3n) is 3.34. The number of hydrogen-bond donors (Lipinski definition) is 1. The van der Waals surface area contributed by atoms with Gasteiger partial charge in [0, 0.05) is 18.0 Å². The fourth-order valence-corrected chi connectivity index (χ4v) is 3.08. The van der Waals surface area contributed by atoms with Gasteiger partial charge in [0.15, 0.2) is 0 Å². The summed E-state index contributed by atoms with van der Waals surface area (Å²) in [5, 5.41) is 3.37. The minimum atomic E-state index is 0.523. The largest absolute Gasteiger partial charge is 0.492 e. The molecule has 2 rings (SSSR count). The van der Waals surface area contributed by atoms with Crippen LogP contribution in [-0.2, 0) is 6.54 Å². The third-order valence-corrected chi connectivity index (χ3v) is 4.57. The zero-order chi connectivity index (χ0) is 15.2. The van der Waals surface area contributed by atoms with E-state index in [1.807, 2.05) is 6.07 Å². The molecule has 0 spiro atoms. The first kappa shape index (κ1) is 16.3. The van der Waals surface area contributed by atoms with Crippen LogP contribution in [0.5, 0.6) is 5.75 Å². The van der Waals surface area contributed by atoms with Crippen molar-refractivity contribution >= 4 is 22.9 Å². The van der Waals surface area contributed by atoms with E-state index in [0.29, 0.717) is 12.5 Å². The Morgan fingerprint density at radius 1 is 1.24 bits per heavy atom. The molecule has 2 aromatic rings. The van der Waals surface area contributed by atoms with Crippen molar-refractivity contribution in [2.24, 2.45) is 0 Å². The van der Waals surface area contributed by atoms with Gasteiger partial charge in [-0.3, -0.25) is 0 Å². The average molecular weight is 324 g/mol. The molecule has 0 bridgehead atoms. The molecule has 114 valence electrons. The maximum Gasteiger partial charge on any atom is 0.122 e. The number of halogens is 1. The lowest BCUT2D eigenvalue weighted by Crippen LogP contribution is -2.20. The number of hydrogen-bond acceptors (Lipinski definition) is 3. The first-order chi connectivity index (χ1) is 10.1. The van der Waals surface area contributed by atoms with Crippen LogP contribution in [0.4, 0.5) is 0 Å². The molecule has 0 amide bonds.